The zero-order valence-electron chi connectivity index (χ0n) is 8.44. The first-order valence-corrected chi connectivity index (χ1v) is 5.88. The number of phosphoric acid groups is 1. The number of phosphoric ester groups is 1. The van der Waals surface area contributed by atoms with E-state index in [1.165, 1.54) is 0 Å². The minimum atomic E-state index is -5.09. The average Bonchev–Trinajstić information content (AvgIpc) is 2.22. The minimum absolute atomic E-state index is 0.930. The first-order valence-electron chi connectivity index (χ1n) is 4.35. The van der Waals surface area contributed by atoms with Crippen LogP contribution in [0.5, 0.6) is 0 Å². The summed E-state index contributed by atoms with van der Waals surface area (Å²) in [5.74, 6) is 0. The summed E-state index contributed by atoms with van der Waals surface area (Å²) in [6, 6.07) is 0. The van der Waals surface area contributed by atoms with Crippen LogP contribution in [0, 0.1) is 0 Å². The van der Waals surface area contributed by atoms with E-state index in [4.69, 9.17) is 35.3 Å². The van der Waals surface area contributed by atoms with E-state index < -0.39 is 45.1 Å². The van der Waals surface area contributed by atoms with Crippen molar-refractivity contribution < 1.29 is 49.5 Å². The highest BCUT2D eigenvalue weighted by atomic mass is 31.2. The van der Waals surface area contributed by atoms with Crippen LogP contribution < -0.4 is 0 Å². The lowest BCUT2D eigenvalue weighted by atomic mass is 10.0. The fourth-order valence-corrected chi connectivity index (χ4v) is 1.32. The molecule has 0 aromatic carbocycles. The predicted octanol–water partition coefficient (Wildman–Crippen LogP) is -4.15. The first-order chi connectivity index (χ1) is 7.60. The van der Waals surface area contributed by atoms with Gasteiger partial charge in [-0.15, -0.1) is 0 Å². The Morgan fingerprint density at radius 2 is 1.41 bits per heavy atom. The molecule has 0 spiro atoms. The lowest BCUT2D eigenvalue weighted by Gasteiger charge is -2.28. The van der Waals surface area contributed by atoms with Crippen LogP contribution in [0.3, 0.4) is 0 Å². The van der Waals surface area contributed by atoms with Gasteiger partial charge in [0.2, 0.25) is 0 Å². The molecule has 0 aliphatic heterocycles. The summed E-state index contributed by atoms with van der Waals surface area (Å²) in [6.45, 7) is -0.930. The van der Waals surface area contributed by atoms with Crippen LogP contribution in [0.15, 0.2) is 0 Å². The second-order valence-electron chi connectivity index (χ2n) is 3.21. The monoisotopic (exact) mass is 278 g/mol. The average molecular weight is 278 g/mol. The molecule has 0 aromatic heterocycles. The molecule has 1 unspecified atom stereocenters. The molecule has 0 bridgehead atoms. The van der Waals surface area contributed by atoms with Crippen molar-refractivity contribution in [3.63, 3.8) is 0 Å². The smallest absolute Gasteiger partial charge is 0.394 e. The third kappa shape index (κ3) is 5.84. The maximum atomic E-state index is 10.3. The van der Waals surface area contributed by atoms with Crippen LogP contribution in [-0.2, 0) is 9.09 Å². The van der Waals surface area contributed by atoms with Crippen molar-refractivity contribution in [2.45, 2.75) is 30.7 Å². The second kappa shape index (κ2) is 6.71. The van der Waals surface area contributed by atoms with Gasteiger partial charge in [0.25, 0.3) is 0 Å². The quantitative estimate of drug-likeness (QED) is 0.168. The van der Waals surface area contributed by atoms with Crippen molar-refractivity contribution in [1.82, 2.24) is 0 Å². The van der Waals surface area contributed by atoms with Gasteiger partial charge in [-0.1, -0.05) is 0 Å². The van der Waals surface area contributed by atoms with Gasteiger partial charge in [0.15, 0.2) is 6.29 Å². The van der Waals surface area contributed by atoms with Gasteiger partial charge in [-0.2, -0.15) is 0 Å². The molecule has 0 saturated heterocycles. The Morgan fingerprint density at radius 1 is 0.941 bits per heavy atom. The molecule has 8 N–H and O–H groups in total. The van der Waals surface area contributed by atoms with Crippen molar-refractivity contribution in [3.05, 3.63) is 0 Å². The molecule has 11 heteroatoms. The predicted molar refractivity (Wildman–Crippen MR) is 50.2 cm³/mol. The van der Waals surface area contributed by atoms with Gasteiger partial charge >= 0.3 is 7.82 Å². The molecule has 0 rings (SSSR count). The summed E-state index contributed by atoms with van der Waals surface area (Å²) >= 11 is 0. The molecule has 10 nitrogen and oxygen atoms in total. The molecule has 0 radical (unpaired) electrons. The summed E-state index contributed by atoms with van der Waals surface area (Å²) < 4.78 is 13.9. The molecule has 0 aliphatic carbocycles. The zero-order chi connectivity index (χ0) is 13.8. The van der Waals surface area contributed by atoms with Crippen LogP contribution >= 0.6 is 7.82 Å². The molecule has 17 heavy (non-hydrogen) atoms. The third-order valence-corrected chi connectivity index (χ3v) is 2.31. The Kier molecular flexibility index (Phi) is 6.66. The maximum Gasteiger partial charge on any atom is 0.472 e. The topological polar surface area (TPSA) is 188 Å². The van der Waals surface area contributed by atoms with E-state index in [1.807, 2.05) is 0 Å². The van der Waals surface area contributed by atoms with Crippen LogP contribution in [0.4, 0.5) is 0 Å². The lowest BCUT2D eigenvalue weighted by molar-refractivity contribution is -0.185. The van der Waals surface area contributed by atoms with Crippen molar-refractivity contribution in [3.8, 4) is 0 Å². The Bertz CT molecular complexity index is 266. The van der Waals surface area contributed by atoms with Crippen LogP contribution in [0.2, 0.25) is 0 Å². The SMILES string of the molecule is O=P(O)(O)OC(O)[C@@H](O)[C@@H](O)[C@H](O)[C@H](O)CO. The van der Waals surface area contributed by atoms with Crippen molar-refractivity contribution in [2.75, 3.05) is 6.61 Å². The summed E-state index contributed by atoms with van der Waals surface area (Å²) in [6.07, 6.45) is -10.8. The van der Waals surface area contributed by atoms with Gasteiger partial charge < -0.3 is 40.4 Å². The minimum Gasteiger partial charge on any atom is -0.394 e. The largest absolute Gasteiger partial charge is 0.472 e. The van der Waals surface area contributed by atoms with Crippen molar-refractivity contribution >= 4 is 7.82 Å². The molecule has 104 valence electrons. The summed E-state index contributed by atoms with van der Waals surface area (Å²) in [4.78, 5) is 16.6. The van der Waals surface area contributed by atoms with Gasteiger partial charge in [0.05, 0.1) is 6.61 Å². The summed E-state index contributed by atoms with van der Waals surface area (Å²) in [5.41, 5.74) is 0. The molecule has 0 saturated carbocycles. The van der Waals surface area contributed by atoms with Gasteiger partial charge in [-0.25, -0.2) is 4.57 Å². The third-order valence-electron chi connectivity index (χ3n) is 1.82. The Hall–Kier alpha value is -0.130. The number of rotatable bonds is 7. The van der Waals surface area contributed by atoms with Crippen LogP contribution in [0.1, 0.15) is 0 Å². The van der Waals surface area contributed by atoms with Crippen molar-refractivity contribution in [2.24, 2.45) is 0 Å². The van der Waals surface area contributed by atoms with Crippen molar-refractivity contribution in [1.29, 1.82) is 0 Å². The molecule has 0 amide bonds. The molecular weight excluding hydrogens is 263 g/mol. The zero-order valence-corrected chi connectivity index (χ0v) is 9.33. The van der Waals surface area contributed by atoms with E-state index in [1.54, 1.807) is 0 Å². The number of hydrogen-bond acceptors (Lipinski definition) is 8. The van der Waals surface area contributed by atoms with Gasteiger partial charge in [-0.05, 0) is 0 Å². The number of aliphatic hydroxyl groups is 6. The van der Waals surface area contributed by atoms with E-state index in [0.29, 0.717) is 0 Å². The van der Waals surface area contributed by atoms with E-state index >= 15 is 0 Å². The van der Waals surface area contributed by atoms with E-state index in [9.17, 15) is 9.67 Å². The number of hydrogen-bond donors (Lipinski definition) is 8. The molecule has 0 fully saturated rings. The van der Waals surface area contributed by atoms with E-state index in [2.05, 4.69) is 4.52 Å². The summed E-state index contributed by atoms with van der Waals surface area (Å²) in [5, 5.41) is 53.8. The normalized spacial score (nSPS) is 21.6. The Labute approximate surface area is 95.6 Å². The molecule has 0 heterocycles. The highest BCUT2D eigenvalue weighted by Gasteiger charge is 2.37. The highest BCUT2D eigenvalue weighted by molar-refractivity contribution is 7.46. The fourth-order valence-electron chi connectivity index (χ4n) is 0.909. The van der Waals surface area contributed by atoms with Gasteiger partial charge in [0.1, 0.15) is 24.4 Å². The molecule has 0 aliphatic rings. The molecular formula is C6H15O10P. The van der Waals surface area contributed by atoms with E-state index in [-0.39, 0.29) is 0 Å². The van der Waals surface area contributed by atoms with Gasteiger partial charge in [0, 0.05) is 0 Å². The number of aliphatic hydroxyl groups excluding tert-OH is 6. The Balaban J connectivity index is 4.48. The van der Waals surface area contributed by atoms with Gasteiger partial charge in [-0.3, -0.25) is 4.52 Å². The van der Waals surface area contributed by atoms with Crippen LogP contribution in [-0.4, -0.2) is 77.7 Å². The fraction of sp³-hybridized carbons (Fsp3) is 1.00. The summed E-state index contributed by atoms with van der Waals surface area (Å²) in [7, 11) is -5.09. The second-order valence-corrected chi connectivity index (χ2v) is 4.40. The van der Waals surface area contributed by atoms with Crippen LogP contribution in [0.25, 0.3) is 0 Å². The molecule has 5 atom stereocenters. The lowest BCUT2D eigenvalue weighted by Crippen LogP contribution is -2.50. The standard InChI is InChI=1S/C6H15O10P/c7-1-2(8)3(9)4(10)5(11)6(12)16-17(13,14)15/h2-12H,1H2,(H2,13,14,15)/t2-,3-,4+,5+,6?/m1/s1. The maximum absolute atomic E-state index is 10.3. The van der Waals surface area contributed by atoms with E-state index in [0.717, 1.165) is 0 Å². The highest BCUT2D eigenvalue weighted by Crippen LogP contribution is 2.37. The molecule has 0 aromatic rings. The Morgan fingerprint density at radius 3 is 1.76 bits per heavy atom. The first kappa shape index (κ1) is 16.9.